The minimum Gasteiger partial charge on any atom is -0.353 e. The smallest absolute Gasteiger partial charge is 0.223 e. The van der Waals surface area contributed by atoms with Crippen LogP contribution < -0.4 is 10.6 Å². The van der Waals surface area contributed by atoms with Crippen molar-refractivity contribution in [2.24, 2.45) is 10.9 Å². The SMILES string of the molecule is O=C(NC1CC1)C1CCc2[nH]c3ncnc(Nc4ccc5c(c4)C=NC5)c3c2C1. The molecule has 1 amide bonds. The molecule has 0 bridgehead atoms. The van der Waals surface area contributed by atoms with Crippen molar-refractivity contribution in [2.45, 2.75) is 44.7 Å². The highest BCUT2D eigenvalue weighted by Gasteiger charge is 2.32. The van der Waals surface area contributed by atoms with Gasteiger partial charge in [0.05, 0.1) is 11.9 Å². The Hall–Kier alpha value is -3.22. The average Bonchev–Trinajstić information content (AvgIpc) is 3.28. The fraction of sp³-hybridized carbons (Fsp3) is 0.364. The number of aryl methyl sites for hydroxylation is 1. The molecule has 3 N–H and O–H groups in total. The number of aromatic nitrogens is 3. The lowest BCUT2D eigenvalue weighted by molar-refractivity contribution is -0.125. The fourth-order valence-corrected chi connectivity index (χ4v) is 4.42. The number of anilines is 2. The lowest BCUT2D eigenvalue weighted by Gasteiger charge is -2.22. The van der Waals surface area contributed by atoms with Crippen LogP contribution in [0.2, 0.25) is 0 Å². The zero-order chi connectivity index (χ0) is 19.4. The lowest BCUT2D eigenvalue weighted by Crippen LogP contribution is -2.35. The van der Waals surface area contributed by atoms with E-state index in [1.807, 2.05) is 6.21 Å². The van der Waals surface area contributed by atoms with Gasteiger partial charge in [0.2, 0.25) is 5.91 Å². The van der Waals surface area contributed by atoms with Crippen LogP contribution in [-0.2, 0) is 24.2 Å². The molecule has 1 unspecified atom stereocenters. The van der Waals surface area contributed by atoms with Crippen molar-refractivity contribution in [3.63, 3.8) is 0 Å². The number of hydrogen-bond acceptors (Lipinski definition) is 5. The first-order valence-electron chi connectivity index (χ1n) is 10.3. The second kappa shape index (κ2) is 6.40. The van der Waals surface area contributed by atoms with Crippen LogP contribution in [0, 0.1) is 5.92 Å². The number of aromatic amines is 1. The highest BCUT2D eigenvalue weighted by atomic mass is 16.2. The molecule has 29 heavy (non-hydrogen) atoms. The molecule has 1 aromatic carbocycles. The molecule has 0 radical (unpaired) electrons. The molecule has 1 atom stereocenters. The van der Waals surface area contributed by atoms with Gasteiger partial charge in [0.1, 0.15) is 17.8 Å². The van der Waals surface area contributed by atoms with Gasteiger partial charge in [0, 0.05) is 29.6 Å². The quantitative estimate of drug-likeness (QED) is 0.642. The van der Waals surface area contributed by atoms with Crippen LogP contribution in [0.4, 0.5) is 11.5 Å². The van der Waals surface area contributed by atoms with E-state index in [1.54, 1.807) is 6.33 Å². The molecule has 3 aromatic rings. The van der Waals surface area contributed by atoms with E-state index in [9.17, 15) is 4.79 Å². The van der Waals surface area contributed by atoms with Gasteiger partial charge in [-0.2, -0.15) is 0 Å². The van der Waals surface area contributed by atoms with Gasteiger partial charge in [-0.15, -0.1) is 0 Å². The van der Waals surface area contributed by atoms with Crippen LogP contribution >= 0.6 is 0 Å². The standard InChI is InChI=1S/C22H22N6O/c29-22(27-15-4-5-15)12-2-6-18-17(8-12)19-20(24-11-25-21(19)28-18)26-16-3-1-13-9-23-10-14(13)7-16/h1,3,7,10-12,15H,2,4-6,8-9H2,(H,27,29)(H2,24,25,26,28). The number of benzene rings is 1. The van der Waals surface area contributed by atoms with Crippen LogP contribution in [0.25, 0.3) is 11.0 Å². The van der Waals surface area contributed by atoms with E-state index in [1.165, 1.54) is 16.8 Å². The first kappa shape index (κ1) is 16.7. The van der Waals surface area contributed by atoms with Crippen LogP contribution in [0.1, 0.15) is 41.6 Å². The van der Waals surface area contributed by atoms with Crippen molar-refractivity contribution in [3.05, 3.63) is 46.9 Å². The lowest BCUT2D eigenvalue weighted by atomic mass is 9.86. The van der Waals surface area contributed by atoms with Gasteiger partial charge < -0.3 is 15.6 Å². The van der Waals surface area contributed by atoms with Gasteiger partial charge in [0.15, 0.2) is 0 Å². The monoisotopic (exact) mass is 386 g/mol. The third-order valence-corrected chi connectivity index (χ3v) is 6.17. The van der Waals surface area contributed by atoms with Crippen molar-refractivity contribution < 1.29 is 4.79 Å². The maximum atomic E-state index is 12.6. The predicted molar refractivity (Wildman–Crippen MR) is 112 cm³/mol. The Labute approximate surface area is 168 Å². The summed E-state index contributed by atoms with van der Waals surface area (Å²) in [5.41, 5.74) is 6.55. The fourth-order valence-electron chi connectivity index (χ4n) is 4.42. The topological polar surface area (TPSA) is 95.1 Å². The second-order valence-corrected chi connectivity index (χ2v) is 8.26. The van der Waals surface area contributed by atoms with Gasteiger partial charge >= 0.3 is 0 Å². The number of hydrogen-bond donors (Lipinski definition) is 3. The normalized spacial score (nSPS) is 19.8. The number of nitrogens with zero attached hydrogens (tertiary/aromatic N) is 3. The van der Waals surface area contributed by atoms with E-state index in [0.717, 1.165) is 66.8 Å². The third-order valence-electron chi connectivity index (χ3n) is 6.17. The summed E-state index contributed by atoms with van der Waals surface area (Å²) in [5, 5.41) is 7.63. The summed E-state index contributed by atoms with van der Waals surface area (Å²) in [6, 6.07) is 6.67. The summed E-state index contributed by atoms with van der Waals surface area (Å²) in [4.78, 5) is 29.4. The zero-order valence-electron chi connectivity index (χ0n) is 16.0. The Morgan fingerprint density at radius 3 is 3.00 bits per heavy atom. The Morgan fingerprint density at radius 1 is 1.17 bits per heavy atom. The maximum absolute atomic E-state index is 12.6. The summed E-state index contributed by atoms with van der Waals surface area (Å²) in [7, 11) is 0. The Balaban J connectivity index is 1.34. The first-order chi connectivity index (χ1) is 14.2. The molecule has 1 fully saturated rings. The van der Waals surface area contributed by atoms with E-state index < -0.39 is 0 Å². The van der Waals surface area contributed by atoms with Crippen LogP contribution in [-0.4, -0.2) is 33.1 Å². The number of nitrogens with one attached hydrogen (secondary N) is 3. The zero-order valence-corrected chi connectivity index (χ0v) is 16.0. The summed E-state index contributed by atoms with van der Waals surface area (Å²) < 4.78 is 0. The van der Waals surface area contributed by atoms with Gasteiger partial charge in [-0.25, -0.2) is 9.97 Å². The number of aliphatic imine (C=N–C) groups is 1. The molecule has 2 aliphatic carbocycles. The second-order valence-electron chi connectivity index (χ2n) is 8.26. The molecule has 3 aliphatic rings. The number of fused-ring (bicyclic) bond motifs is 4. The molecular weight excluding hydrogens is 364 g/mol. The van der Waals surface area contributed by atoms with Crippen molar-refractivity contribution in [1.29, 1.82) is 0 Å². The van der Waals surface area contributed by atoms with Crippen LogP contribution in [0.5, 0.6) is 0 Å². The highest BCUT2D eigenvalue weighted by molar-refractivity contribution is 5.95. The molecule has 1 aliphatic heterocycles. The Bertz CT molecular complexity index is 1160. The molecule has 146 valence electrons. The predicted octanol–water partition coefficient (Wildman–Crippen LogP) is 3.02. The van der Waals surface area contributed by atoms with E-state index in [4.69, 9.17) is 0 Å². The van der Waals surface area contributed by atoms with Gasteiger partial charge in [-0.1, -0.05) is 6.07 Å². The Kier molecular flexibility index (Phi) is 3.69. The van der Waals surface area contributed by atoms with Gasteiger partial charge in [-0.05, 0) is 60.9 Å². The largest absolute Gasteiger partial charge is 0.353 e. The van der Waals surface area contributed by atoms with Crippen molar-refractivity contribution in [3.8, 4) is 0 Å². The highest BCUT2D eigenvalue weighted by Crippen LogP contribution is 2.35. The minimum atomic E-state index is 0.0198. The summed E-state index contributed by atoms with van der Waals surface area (Å²) in [6.07, 6.45) is 8.19. The van der Waals surface area contributed by atoms with Crippen molar-refractivity contribution in [2.75, 3.05) is 5.32 Å². The number of carbonyl (C=O) groups is 1. The van der Waals surface area contributed by atoms with Crippen molar-refractivity contribution in [1.82, 2.24) is 20.3 Å². The number of amides is 1. The van der Waals surface area contributed by atoms with Crippen LogP contribution in [0.3, 0.4) is 0 Å². The minimum absolute atomic E-state index is 0.0198. The van der Waals surface area contributed by atoms with E-state index in [-0.39, 0.29) is 11.8 Å². The Morgan fingerprint density at radius 2 is 2.10 bits per heavy atom. The van der Waals surface area contributed by atoms with Gasteiger partial charge in [-0.3, -0.25) is 9.79 Å². The molecule has 0 spiro atoms. The molecular formula is C22H22N6O. The van der Waals surface area contributed by atoms with E-state index in [0.29, 0.717) is 6.04 Å². The first-order valence-corrected chi connectivity index (χ1v) is 10.3. The van der Waals surface area contributed by atoms with Crippen molar-refractivity contribution >= 4 is 34.7 Å². The molecule has 7 nitrogen and oxygen atoms in total. The maximum Gasteiger partial charge on any atom is 0.223 e. The number of H-pyrrole nitrogens is 1. The van der Waals surface area contributed by atoms with Gasteiger partial charge in [0.25, 0.3) is 0 Å². The summed E-state index contributed by atoms with van der Waals surface area (Å²) >= 11 is 0. The summed E-state index contributed by atoms with van der Waals surface area (Å²) in [6.45, 7) is 0.753. The molecule has 7 heteroatoms. The molecule has 1 saturated carbocycles. The van der Waals surface area contributed by atoms with E-state index in [2.05, 4.69) is 48.8 Å². The molecule has 6 rings (SSSR count). The molecule has 2 aromatic heterocycles. The molecule has 0 saturated heterocycles. The van der Waals surface area contributed by atoms with E-state index >= 15 is 0 Å². The third kappa shape index (κ3) is 2.97. The molecule has 3 heterocycles. The van der Waals surface area contributed by atoms with Crippen LogP contribution in [0.15, 0.2) is 29.5 Å². The average molecular weight is 386 g/mol. The number of rotatable bonds is 4. The summed E-state index contributed by atoms with van der Waals surface area (Å²) in [5.74, 6) is 0.994. The number of carbonyl (C=O) groups excluding carboxylic acids is 1.